The highest BCUT2D eigenvalue weighted by Gasteiger charge is 2.35. The normalized spacial score (nSPS) is 11.2. The number of nitrogens with one attached hydrogen (secondary N) is 1. The van der Waals surface area contributed by atoms with Crippen LogP contribution in [0.2, 0.25) is 0 Å². The summed E-state index contributed by atoms with van der Waals surface area (Å²) in [6.45, 7) is 0.788. The van der Waals surface area contributed by atoms with Crippen molar-refractivity contribution in [3.8, 4) is 11.5 Å². The molecule has 3 nitrogen and oxygen atoms in total. The zero-order chi connectivity index (χ0) is 19.8. The average molecular weight is 396 g/mol. The van der Waals surface area contributed by atoms with Crippen molar-refractivity contribution in [3.05, 3.63) is 95.6 Å². The van der Waals surface area contributed by atoms with Crippen LogP contribution in [0.5, 0.6) is 11.5 Å². The molecule has 0 aliphatic carbocycles. The largest absolute Gasteiger partial charge is 0.497 e. The maximum absolute atomic E-state index is 5.97. The number of benzene rings is 3. The fourth-order valence-electron chi connectivity index (χ4n) is 3.52. The van der Waals surface area contributed by atoms with E-state index in [0.717, 1.165) is 35.6 Å². The van der Waals surface area contributed by atoms with E-state index in [1.165, 1.54) is 5.56 Å². The molecule has 3 aromatic carbocycles. The molecular formula is C24H26ClNO2. The molecule has 0 fully saturated rings. The van der Waals surface area contributed by atoms with Crippen LogP contribution in [0, 0.1) is 0 Å². The van der Waals surface area contributed by atoms with Gasteiger partial charge in [-0.2, -0.15) is 0 Å². The summed E-state index contributed by atoms with van der Waals surface area (Å²) in [6, 6.07) is 26.9. The summed E-state index contributed by atoms with van der Waals surface area (Å²) in [5, 5.41) is 3.79. The first-order chi connectivity index (χ1) is 13.7. The van der Waals surface area contributed by atoms with E-state index in [1.54, 1.807) is 14.2 Å². The highest BCUT2D eigenvalue weighted by Crippen LogP contribution is 2.38. The third-order valence-corrected chi connectivity index (χ3v) is 5.22. The molecule has 3 rings (SSSR count). The quantitative estimate of drug-likeness (QED) is 0.306. The van der Waals surface area contributed by atoms with Crippen LogP contribution in [0.15, 0.2) is 78.9 Å². The molecule has 0 aliphatic heterocycles. The molecule has 0 aliphatic rings. The van der Waals surface area contributed by atoms with Gasteiger partial charge in [-0.15, -0.1) is 11.6 Å². The number of alkyl halides is 1. The molecule has 28 heavy (non-hydrogen) atoms. The van der Waals surface area contributed by atoms with E-state index in [4.69, 9.17) is 21.1 Å². The summed E-state index contributed by atoms with van der Waals surface area (Å²) in [6.07, 6.45) is 0.877. The van der Waals surface area contributed by atoms with E-state index >= 15 is 0 Å². The van der Waals surface area contributed by atoms with Crippen molar-refractivity contribution in [2.75, 3.05) is 26.6 Å². The Kier molecular flexibility index (Phi) is 6.96. The van der Waals surface area contributed by atoms with Crippen LogP contribution in [-0.2, 0) is 5.54 Å². The topological polar surface area (TPSA) is 30.5 Å². The second-order valence-electron chi connectivity index (χ2n) is 6.54. The number of halogens is 1. The minimum absolute atomic E-state index is 0.508. The molecule has 0 unspecified atom stereocenters. The van der Waals surface area contributed by atoms with E-state index in [0.29, 0.717) is 5.88 Å². The minimum Gasteiger partial charge on any atom is -0.497 e. The van der Waals surface area contributed by atoms with Crippen molar-refractivity contribution in [2.45, 2.75) is 12.0 Å². The van der Waals surface area contributed by atoms with Crippen LogP contribution in [0.25, 0.3) is 0 Å². The van der Waals surface area contributed by atoms with Gasteiger partial charge in [-0.25, -0.2) is 0 Å². The van der Waals surface area contributed by atoms with Crippen LogP contribution >= 0.6 is 11.6 Å². The molecule has 0 spiro atoms. The molecule has 0 radical (unpaired) electrons. The molecule has 1 N–H and O–H groups in total. The molecule has 3 aromatic rings. The fraction of sp³-hybridized carbons (Fsp3) is 0.250. The standard InChI is InChI=1S/C24H26ClNO2/c1-27-22-13-9-20(10-14-22)24(26-18-6-17-25,19-7-4-3-5-8-19)21-11-15-23(28-2)16-12-21/h3-5,7-16,26H,6,17-18H2,1-2H3. The molecule has 0 amide bonds. The van der Waals surface area contributed by atoms with Gasteiger partial charge in [0.05, 0.1) is 19.8 Å². The van der Waals surface area contributed by atoms with Crippen molar-refractivity contribution < 1.29 is 9.47 Å². The summed E-state index contributed by atoms with van der Waals surface area (Å²) < 4.78 is 10.7. The molecule has 0 saturated heterocycles. The van der Waals surface area contributed by atoms with E-state index in [2.05, 4.69) is 53.8 Å². The number of rotatable bonds is 9. The highest BCUT2D eigenvalue weighted by molar-refractivity contribution is 6.17. The van der Waals surface area contributed by atoms with Crippen molar-refractivity contribution in [1.82, 2.24) is 5.32 Å². The van der Waals surface area contributed by atoms with Gasteiger partial charge in [0.2, 0.25) is 0 Å². The minimum atomic E-state index is -0.508. The Hall–Kier alpha value is -2.49. The van der Waals surface area contributed by atoms with E-state index in [1.807, 2.05) is 30.3 Å². The maximum atomic E-state index is 5.97. The fourth-order valence-corrected chi connectivity index (χ4v) is 3.65. The van der Waals surface area contributed by atoms with Gasteiger partial charge >= 0.3 is 0 Å². The first-order valence-electron chi connectivity index (χ1n) is 9.40. The first-order valence-corrected chi connectivity index (χ1v) is 9.93. The molecule has 146 valence electrons. The average Bonchev–Trinajstić information content (AvgIpc) is 2.78. The zero-order valence-electron chi connectivity index (χ0n) is 16.3. The van der Waals surface area contributed by atoms with Crippen LogP contribution in [0.4, 0.5) is 0 Å². The summed E-state index contributed by atoms with van der Waals surface area (Å²) >= 11 is 5.97. The Bertz CT molecular complexity index is 801. The maximum Gasteiger partial charge on any atom is 0.118 e. The van der Waals surface area contributed by atoms with Gasteiger partial charge in [0.15, 0.2) is 0 Å². The first kappa shape index (κ1) is 20.2. The third-order valence-electron chi connectivity index (χ3n) is 4.95. The Balaban J connectivity index is 2.20. The molecule has 0 heterocycles. The lowest BCUT2D eigenvalue weighted by Gasteiger charge is -2.37. The van der Waals surface area contributed by atoms with Crippen LogP contribution in [0.3, 0.4) is 0 Å². The third kappa shape index (κ3) is 4.16. The lowest BCUT2D eigenvalue weighted by atomic mass is 9.77. The number of methoxy groups -OCH3 is 2. The van der Waals surface area contributed by atoms with Crippen LogP contribution < -0.4 is 14.8 Å². The summed E-state index contributed by atoms with van der Waals surface area (Å²) in [7, 11) is 3.36. The zero-order valence-corrected chi connectivity index (χ0v) is 17.1. The van der Waals surface area contributed by atoms with Gasteiger partial charge in [-0.05, 0) is 53.9 Å². The predicted molar refractivity (Wildman–Crippen MR) is 116 cm³/mol. The van der Waals surface area contributed by atoms with Gasteiger partial charge in [-0.1, -0.05) is 54.6 Å². The lowest BCUT2D eigenvalue weighted by Crippen LogP contribution is -2.45. The van der Waals surface area contributed by atoms with Gasteiger partial charge in [0.25, 0.3) is 0 Å². The van der Waals surface area contributed by atoms with Crippen LogP contribution in [-0.4, -0.2) is 26.6 Å². The smallest absolute Gasteiger partial charge is 0.118 e. The van der Waals surface area contributed by atoms with E-state index < -0.39 is 5.54 Å². The number of ether oxygens (including phenoxy) is 2. The van der Waals surface area contributed by atoms with E-state index in [9.17, 15) is 0 Å². The van der Waals surface area contributed by atoms with Gasteiger partial charge in [0.1, 0.15) is 11.5 Å². The second-order valence-corrected chi connectivity index (χ2v) is 6.92. The molecule has 0 atom stereocenters. The molecular weight excluding hydrogens is 370 g/mol. The molecule has 0 saturated carbocycles. The van der Waals surface area contributed by atoms with Crippen molar-refractivity contribution in [2.24, 2.45) is 0 Å². The summed E-state index contributed by atoms with van der Waals surface area (Å²) in [5.41, 5.74) is 2.93. The number of hydrogen-bond donors (Lipinski definition) is 1. The van der Waals surface area contributed by atoms with E-state index in [-0.39, 0.29) is 0 Å². The second kappa shape index (κ2) is 9.63. The monoisotopic (exact) mass is 395 g/mol. The van der Waals surface area contributed by atoms with Crippen molar-refractivity contribution >= 4 is 11.6 Å². The predicted octanol–water partition coefficient (Wildman–Crippen LogP) is 5.21. The highest BCUT2D eigenvalue weighted by atomic mass is 35.5. The molecule has 0 aromatic heterocycles. The van der Waals surface area contributed by atoms with Crippen molar-refractivity contribution in [3.63, 3.8) is 0 Å². The Morgan fingerprint density at radius 3 is 1.61 bits per heavy atom. The molecule has 4 heteroatoms. The van der Waals surface area contributed by atoms with Crippen molar-refractivity contribution in [1.29, 1.82) is 0 Å². The molecule has 0 bridgehead atoms. The SMILES string of the molecule is COc1ccc(C(NCCCCl)(c2ccccc2)c2ccc(OC)cc2)cc1. The Morgan fingerprint density at radius 1 is 0.714 bits per heavy atom. The Morgan fingerprint density at radius 2 is 1.18 bits per heavy atom. The van der Waals surface area contributed by atoms with Crippen LogP contribution in [0.1, 0.15) is 23.1 Å². The lowest BCUT2D eigenvalue weighted by molar-refractivity contribution is 0.412. The van der Waals surface area contributed by atoms with Gasteiger partial charge < -0.3 is 9.47 Å². The summed E-state index contributed by atoms with van der Waals surface area (Å²) in [4.78, 5) is 0. The summed E-state index contributed by atoms with van der Waals surface area (Å²) in [5.74, 6) is 2.28. The van der Waals surface area contributed by atoms with Gasteiger partial charge in [0, 0.05) is 5.88 Å². The Labute approximate surface area is 172 Å². The number of hydrogen-bond acceptors (Lipinski definition) is 3. The van der Waals surface area contributed by atoms with Gasteiger partial charge in [-0.3, -0.25) is 5.32 Å².